The third kappa shape index (κ3) is 2.59. The van der Waals surface area contributed by atoms with Gasteiger partial charge in [0, 0.05) is 19.3 Å². The van der Waals surface area contributed by atoms with Gasteiger partial charge in [0.1, 0.15) is 11.4 Å². The van der Waals surface area contributed by atoms with Crippen molar-refractivity contribution in [2.24, 2.45) is 11.8 Å². The summed E-state index contributed by atoms with van der Waals surface area (Å²) in [6.07, 6.45) is 1.62. The van der Waals surface area contributed by atoms with Crippen LogP contribution >= 0.6 is 0 Å². The van der Waals surface area contributed by atoms with E-state index in [2.05, 4.69) is 4.98 Å². The minimum Gasteiger partial charge on any atom is -0.469 e. The Morgan fingerprint density at radius 1 is 1.30 bits per heavy atom. The van der Waals surface area contributed by atoms with E-state index in [4.69, 9.17) is 9.47 Å². The molecule has 0 aliphatic carbocycles. The molecule has 0 saturated carbocycles. The number of esters is 2. The first-order chi connectivity index (χ1) is 9.58. The molecular weight excluding hydrogens is 260 g/mol. The molecule has 108 valence electrons. The molecule has 0 aromatic carbocycles. The molecule has 0 radical (unpaired) electrons. The average Bonchev–Trinajstić information content (AvgIpc) is 2.87. The predicted octanol–water partition coefficient (Wildman–Crippen LogP) is 1.11. The maximum atomic E-state index is 11.8. The summed E-state index contributed by atoms with van der Waals surface area (Å²) in [4.78, 5) is 29.7. The molecular formula is C14H18N2O4. The summed E-state index contributed by atoms with van der Waals surface area (Å²) in [6, 6.07) is 3.36. The Hall–Kier alpha value is -2.11. The highest BCUT2D eigenvalue weighted by Crippen LogP contribution is 2.29. The first-order valence-electron chi connectivity index (χ1n) is 6.44. The number of methoxy groups -OCH3 is 2. The monoisotopic (exact) mass is 278 g/mol. The van der Waals surface area contributed by atoms with Crippen LogP contribution in [-0.4, -0.2) is 44.2 Å². The number of aromatic nitrogens is 1. The molecule has 20 heavy (non-hydrogen) atoms. The Balaban J connectivity index is 2.26. The van der Waals surface area contributed by atoms with Gasteiger partial charge in [-0.3, -0.25) is 4.79 Å². The summed E-state index contributed by atoms with van der Waals surface area (Å²) in [7, 11) is 2.72. The molecule has 2 atom stereocenters. The van der Waals surface area contributed by atoms with Crippen LogP contribution in [0.3, 0.4) is 0 Å². The van der Waals surface area contributed by atoms with Crippen molar-refractivity contribution in [1.82, 2.24) is 4.98 Å². The first kappa shape index (κ1) is 14.3. The van der Waals surface area contributed by atoms with Gasteiger partial charge in [-0.1, -0.05) is 6.92 Å². The van der Waals surface area contributed by atoms with Crippen LogP contribution in [0.2, 0.25) is 0 Å². The first-order valence-corrected chi connectivity index (χ1v) is 6.44. The highest BCUT2D eigenvalue weighted by molar-refractivity contribution is 5.94. The molecule has 1 aliphatic rings. The van der Waals surface area contributed by atoms with E-state index in [1.807, 2.05) is 11.8 Å². The molecule has 1 saturated heterocycles. The van der Waals surface area contributed by atoms with Crippen LogP contribution in [0.4, 0.5) is 5.82 Å². The van der Waals surface area contributed by atoms with E-state index in [-0.39, 0.29) is 17.8 Å². The van der Waals surface area contributed by atoms with Gasteiger partial charge < -0.3 is 14.4 Å². The minimum atomic E-state index is -0.428. The molecule has 0 bridgehead atoms. The van der Waals surface area contributed by atoms with E-state index in [9.17, 15) is 9.59 Å². The molecule has 1 aromatic rings. The molecule has 2 unspecified atom stereocenters. The standard InChI is InChI=1S/C14H18N2O4/c1-9-7-16(8-11(9)14(18)20-3)12-10(13(17)19-2)5-4-6-15-12/h4-6,9,11H,7-8H2,1-3H3. The van der Waals surface area contributed by atoms with Gasteiger partial charge in [-0.2, -0.15) is 0 Å². The van der Waals surface area contributed by atoms with Crippen LogP contribution < -0.4 is 4.90 Å². The molecule has 0 amide bonds. The summed E-state index contributed by atoms with van der Waals surface area (Å²) in [5.41, 5.74) is 0.410. The lowest BCUT2D eigenvalue weighted by Gasteiger charge is -2.19. The average molecular weight is 278 g/mol. The number of rotatable bonds is 3. The van der Waals surface area contributed by atoms with Crippen molar-refractivity contribution in [2.75, 3.05) is 32.2 Å². The Morgan fingerprint density at radius 3 is 2.70 bits per heavy atom. The van der Waals surface area contributed by atoms with Gasteiger partial charge >= 0.3 is 11.9 Å². The second kappa shape index (κ2) is 5.90. The Kier molecular flexibility index (Phi) is 4.22. The van der Waals surface area contributed by atoms with Crippen molar-refractivity contribution < 1.29 is 19.1 Å². The normalized spacial score (nSPS) is 21.6. The lowest BCUT2D eigenvalue weighted by Crippen LogP contribution is -2.26. The second-order valence-electron chi connectivity index (χ2n) is 4.88. The molecule has 6 nitrogen and oxygen atoms in total. The topological polar surface area (TPSA) is 68.7 Å². The van der Waals surface area contributed by atoms with E-state index in [0.717, 1.165) is 0 Å². The van der Waals surface area contributed by atoms with E-state index in [0.29, 0.717) is 24.5 Å². The fourth-order valence-corrected chi connectivity index (χ4v) is 2.52. The Morgan fingerprint density at radius 2 is 2.05 bits per heavy atom. The highest BCUT2D eigenvalue weighted by atomic mass is 16.5. The zero-order valence-electron chi connectivity index (χ0n) is 11.8. The second-order valence-corrected chi connectivity index (χ2v) is 4.88. The molecule has 1 aromatic heterocycles. The number of nitrogens with zero attached hydrogens (tertiary/aromatic N) is 2. The molecule has 1 fully saturated rings. The molecule has 6 heteroatoms. The molecule has 2 heterocycles. The van der Waals surface area contributed by atoms with E-state index >= 15 is 0 Å². The highest BCUT2D eigenvalue weighted by Gasteiger charge is 2.37. The Labute approximate surface area is 117 Å². The molecule has 2 rings (SSSR count). The van der Waals surface area contributed by atoms with Gasteiger partial charge in [0.2, 0.25) is 0 Å². The number of pyridine rings is 1. The number of ether oxygens (including phenoxy) is 2. The van der Waals surface area contributed by atoms with Crippen molar-refractivity contribution in [1.29, 1.82) is 0 Å². The number of anilines is 1. The van der Waals surface area contributed by atoms with Crippen LogP contribution in [-0.2, 0) is 14.3 Å². The van der Waals surface area contributed by atoms with Crippen molar-refractivity contribution >= 4 is 17.8 Å². The van der Waals surface area contributed by atoms with Crippen LogP contribution in [0.15, 0.2) is 18.3 Å². The fourth-order valence-electron chi connectivity index (χ4n) is 2.52. The zero-order valence-corrected chi connectivity index (χ0v) is 11.8. The number of carbonyl (C=O) groups is 2. The van der Waals surface area contributed by atoms with Gasteiger partial charge in [-0.05, 0) is 18.1 Å². The van der Waals surface area contributed by atoms with Gasteiger partial charge in [0.15, 0.2) is 0 Å². The third-order valence-electron chi connectivity index (χ3n) is 3.61. The maximum absolute atomic E-state index is 11.8. The van der Waals surface area contributed by atoms with Gasteiger partial charge in [0.05, 0.1) is 20.1 Å². The van der Waals surface area contributed by atoms with Gasteiger partial charge in [-0.25, -0.2) is 9.78 Å². The summed E-state index contributed by atoms with van der Waals surface area (Å²) in [6.45, 7) is 3.14. The van der Waals surface area contributed by atoms with Crippen molar-refractivity contribution in [3.05, 3.63) is 23.9 Å². The van der Waals surface area contributed by atoms with E-state index in [1.165, 1.54) is 14.2 Å². The van der Waals surface area contributed by atoms with Crippen molar-refractivity contribution in [3.63, 3.8) is 0 Å². The largest absolute Gasteiger partial charge is 0.469 e. The summed E-state index contributed by atoms with van der Waals surface area (Å²) < 4.78 is 9.57. The SMILES string of the molecule is COC(=O)c1cccnc1N1CC(C)C(C(=O)OC)C1. The van der Waals surface area contributed by atoms with Crippen molar-refractivity contribution in [2.45, 2.75) is 6.92 Å². The van der Waals surface area contributed by atoms with Crippen LogP contribution in [0.25, 0.3) is 0 Å². The van der Waals surface area contributed by atoms with Crippen molar-refractivity contribution in [3.8, 4) is 0 Å². The predicted molar refractivity (Wildman–Crippen MR) is 72.5 cm³/mol. The molecule has 1 aliphatic heterocycles. The molecule has 0 N–H and O–H groups in total. The Bertz CT molecular complexity index is 518. The lowest BCUT2D eigenvalue weighted by atomic mass is 9.99. The van der Waals surface area contributed by atoms with E-state index < -0.39 is 5.97 Å². The van der Waals surface area contributed by atoms with Crippen LogP contribution in [0.1, 0.15) is 17.3 Å². The minimum absolute atomic E-state index is 0.148. The lowest BCUT2D eigenvalue weighted by molar-refractivity contribution is -0.145. The van der Waals surface area contributed by atoms with Gasteiger partial charge in [-0.15, -0.1) is 0 Å². The summed E-state index contributed by atoms with van der Waals surface area (Å²) >= 11 is 0. The number of carbonyl (C=O) groups excluding carboxylic acids is 2. The number of hydrogen-bond acceptors (Lipinski definition) is 6. The quantitative estimate of drug-likeness (QED) is 0.772. The van der Waals surface area contributed by atoms with Gasteiger partial charge in [0.25, 0.3) is 0 Å². The summed E-state index contributed by atoms with van der Waals surface area (Å²) in [5.74, 6) is -0.155. The summed E-state index contributed by atoms with van der Waals surface area (Å²) in [5, 5.41) is 0. The zero-order chi connectivity index (χ0) is 14.7. The van der Waals surface area contributed by atoms with E-state index in [1.54, 1.807) is 18.3 Å². The van der Waals surface area contributed by atoms with Crippen LogP contribution in [0, 0.1) is 11.8 Å². The fraction of sp³-hybridized carbons (Fsp3) is 0.500. The number of hydrogen-bond donors (Lipinski definition) is 0. The molecule has 0 spiro atoms. The smallest absolute Gasteiger partial charge is 0.341 e. The van der Waals surface area contributed by atoms with Crippen LogP contribution in [0.5, 0.6) is 0 Å². The maximum Gasteiger partial charge on any atom is 0.341 e. The third-order valence-corrected chi connectivity index (χ3v) is 3.61.